The molecule has 0 N–H and O–H groups in total. The van der Waals surface area contributed by atoms with Gasteiger partial charge in [-0.15, -0.1) is 0 Å². The maximum Gasteiger partial charge on any atom is 0.332 e. The molecule has 4 rings (SSSR count). The Bertz CT molecular complexity index is 1260. The van der Waals surface area contributed by atoms with Crippen LogP contribution in [0.15, 0.2) is 27.8 Å². The lowest BCUT2D eigenvalue weighted by Gasteiger charge is -2.33. The molecular formula is C23H31N5O4. The predicted octanol–water partition coefficient (Wildman–Crippen LogP) is 2.89. The van der Waals surface area contributed by atoms with Crippen LogP contribution in [0.1, 0.15) is 33.1 Å². The van der Waals surface area contributed by atoms with Crippen LogP contribution in [0, 0.1) is 5.92 Å². The third-order valence-corrected chi connectivity index (χ3v) is 6.11. The van der Waals surface area contributed by atoms with Crippen molar-refractivity contribution in [3.8, 4) is 11.5 Å². The number of hydrogen-bond acceptors (Lipinski definition) is 6. The van der Waals surface area contributed by atoms with E-state index in [0.717, 1.165) is 24.9 Å². The molecule has 1 aliphatic heterocycles. The molecule has 3 aromatic rings. The van der Waals surface area contributed by atoms with Gasteiger partial charge in [0.1, 0.15) is 11.5 Å². The second-order valence-corrected chi connectivity index (χ2v) is 8.45. The summed E-state index contributed by atoms with van der Waals surface area (Å²) < 4.78 is 15.8. The van der Waals surface area contributed by atoms with E-state index < -0.39 is 0 Å². The molecule has 0 saturated heterocycles. The number of anilines is 2. The summed E-state index contributed by atoms with van der Waals surface area (Å²) in [6, 6.07) is 5.64. The molecule has 0 amide bonds. The van der Waals surface area contributed by atoms with Crippen LogP contribution in [0.3, 0.4) is 0 Å². The minimum absolute atomic E-state index is 0.261. The maximum atomic E-state index is 13.4. The smallest absolute Gasteiger partial charge is 0.332 e. The summed E-state index contributed by atoms with van der Waals surface area (Å²) >= 11 is 0. The number of fused-ring (bicyclic) bond motifs is 3. The van der Waals surface area contributed by atoms with Gasteiger partial charge in [-0.05, 0) is 24.5 Å². The number of hydrogen-bond donors (Lipinski definition) is 0. The summed E-state index contributed by atoms with van der Waals surface area (Å²) in [5.41, 5.74) is 1.13. The molecule has 172 valence electrons. The van der Waals surface area contributed by atoms with Crippen molar-refractivity contribution in [1.82, 2.24) is 18.7 Å². The van der Waals surface area contributed by atoms with Crippen molar-refractivity contribution in [3.05, 3.63) is 39.0 Å². The van der Waals surface area contributed by atoms with Crippen LogP contribution in [0.4, 0.5) is 11.6 Å². The molecule has 0 spiro atoms. The highest BCUT2D eigenvalue weighted by Gasteiger charge is 2.31. The SMILES string of the molecule is CCCCCn1c(=O)c2c(nc3n2C[C@@H](C)CN3c2ccc(OC)cc2OC)n(C)c1=O. The van der Waals surface area contributed by atoms with Gasteiger partial charge >= 0.3 is 5.69 Å². The quantitative estimate of drug-likeness (QED) is 0.524. The minimum Gasteiger partial charge on any atom is -0.497 e. The Morgan fingerprint density at radius 3 is 2.59 bits per heavy atom. The topological polar surface area (TPSA) is 83.5 Å². The summed E-state index contributed by atoms with van der Waals surface area (Å²) in [6.07, 6.45) is 2.79. The van der Waals surface area contributed by atoms with Crippen molar-refractivity contribution < 1.29 is 9.47 Å². The van der Waals surface area contributed by atoms with Crippen LogP contribution in [-0.2, 0) is 20.1 Å². The van der Waals surface area contributed by atoms with Crippen LogP contribution in [0.5, 0.6) is 11.5 Å². The van der Waals surface area contributed by atoms with E-state index in [9.17, 15) is 9.59 Å². The van der Waals surface area contributed by atoms with Crippen LogP contribution < -0.4 is 25.6 Å². The molecule has 0 unspecified atom stereocenters. The molecule has 0 saturated carbocycles. The van der Waals surface area contributed by atoms with E-state index in [1.54, 1.807) is 21.3 Å². The molecule has 0 bridgehead atoms. The Kier molecular flexibility index (Phi) is 5.99. The highest BCUT2D eigenvalue weighted by atomic mass is 16.5. The Morgan fingerprint density at radius 1 is 1.12 bits per heavy atom. The van der Waals surface area contributed by atoms with Gasteiger partial charge in [-0.3, -0.25) is 13.9 Å². The lowest BCUT2D eigenvalue weighted by molar-refractivity contribution is 0.392. The van der Waals surface area contributed by atoms with Gasteiger partial charge in [0.05, 0.1) is 19.9 Å². The first-order valence-corrected chi connectivity index (χ1v) is 11.1. The zero-order valence-electron chi connectivity index (χ0n) is 19.4. The van der Waals surface area contributed by atoms with Crippen LogP contribution in [-0.4, -0.2) is 39.4 Å². The number of nitrogens with zero attached hydrogens (tertiary/aromatic N) is 5. The number of imidazole rings is 1. The molecule has 9 heteroatoms. The minimum atomic E-state index is -0.323. The molecule has 32 heavy (non-hydrogen) atoms. The third kappa shape index (κ3) is 3.55. The summed E-state index contributed by atoms with van der Waals surface area (Å²) in [7, 11) is 4.91. The highest BCUT2D eigenvalue weighted by molar-refractivity contribution is 5.78. The summed E-state index contributed by atoms with van der Waals surface area (Å²) in [6.45, 7) is 6.02. The van der Waals surface area contributed by atoms with Gasteiger partial charge in [-0.2, -0.15) is 4.98 Å². The number of aryl methyl sites for hydroxylation is 1. The average Bonchev–Trinajstić information content (AvgIpc) is 3.18. The summed E-state index contributed by atoms with van der Waals surface area (Å²) in [5, 5.41) is 0. The molecule has 9 nitrogen and oxygen atoms in total. The second-order valence-electron chi connectivity index (χ2n) is 8.45. The van der Waals surface area contributed by atoms with E-state index in [-0.39, 0.29) is 17.2 Å². The molecule has 1 aromatic carbocycles. The number of methoxy groups -OCH3 is 2. The number of ether oxygens (including phenoxy) is 2. The van der Waals surface area contributed by atoms with Gasteiger partial charge in [0.15, 0.2) is 11.2 Å². The summed E-state index contributed by atoms with van der Waals surface area (Å²) in [5.74, 6) is 2.25. The van der Waals surface area contributed by atoms with Crippen molar-refractivity contribution >= 4 is 22.8 Å². The average molecular weight is 442 g/mol. The van der Waals surface area contributed by atoms with Crippen LogP contribution in [0.25, 0.3) is 11.2 Å². The fourth-order valence-corrected chi connectivity index (χ4v) is 4.43. The zero-order chi connectivity index (χ0) is 23.0. The fraction of sp³-hybridized carbons (Fsp3) is 0.522. The van der Waals surface area contributed by atoms with Gasteiger partial charge in [0.25, 0.3) is 5.56 Å². The monoisotopic (exact) mass is 441 g/mol. The van der Waals surface area contributed by atoms with Gasteiger partial charge in [-0.25, -0.2) is 4.79 Å². The van der Waals surface area contributed by atoms with E-state index >= 15 is 0 Å². The van der Waals surface area contributed by atoms with E-state index in [4.69, 9.17) is 14.5 Å². The standard InChI is InChI=1S/C23H31N5O4/c1-6-7-8-11-26-21(29)19-20(25(3)23(26)30)24-22-27(13-15(2)14-28(19)22)17-10-9-16(31-4)12-18(17)32-5/h9-10,12,15H,6-8,11,13-14H2,1-5H3/t15-/m0/s1. The number of unbranched alkanes of at least 4 members (excludes halogenated alkanes) is 2. The highest BCUT2D eigenvalue weighted by Crippen LogP contribution is 2.39. The van der Waals surface area contributed by atoms with Crippen molar-refractivity contribution in [3.63, 3.8) is 0 Å². The Labute approximate surface area is 186 Å². The van der Waals surface area contributed by atoms with Gasteiger partial charge in [0, 0.05) is 32.7 Å². The van der Waals surface area contributed by atoms with E-state index in [1.165, 1.54) is 9.13 Å². The molecule has 1 aliphatic rings. The molecule has 0 aliphatic carbocycles. The molecule has 2 aromatic heterocycles. The predicted molar refractivity (Wildman–Crippen MR) is 124 cm³/mol. The van der Waals surface area contributed by atoms with Gasteiger partial charge in [-0.1, -0.05) is 26.7 Å². The first kappa shape index (κ1) is 22.0. The van der Waals surface area contributed by atoms with Crippen molar-refractivity contribution in [2.75, 3.05) is 25.7 Å². The van der Waals surface area contributed by atoms with Gasteiger partial charge in [0.2, 0.25) is 5.95 Å². The summed E-state index contributed by atoms with van der Waals surface area (Å²) in [4.78, 5) is 33.2. The van der Waals surface area contributed by atoms with E-state index in [2.05, 4.69) is 18.7 Å². The maximum absolute atomic E-state index is 13.4. The number of rotatable bonds is 7. The first-order valence-electron chi connectivity index (χ1n) is 11.1. The molecule has 0 radical (unpaired) electrons. The van der Waals surface area contributed by atoms with E-state index in [1.807, 2.05) is 22.8 Å². The Balaban J connectivity index is 1.92. The van der Waals surface area contributed by atoms with Crippen molar-refractivity contribution in [2.45, 2.75) is 46.2 Å². The molecular weight excluding hydrogens is 410 g/mol. The van der Waals surface area contributed by atoms with E-state index in [0.29, 0.717) is 48.2 Å². The number of benzene rings is 1. The Morgan fingerprint density at radius 2 is 1.91 bits per heavy atom. The molecule has 0 fully saturated rings. The normalized spacial score (nSPS) is 15.8. The van der Waals surface area contributed by atoms with Crippen LogP contribution in [0.2, 0.25) is 0 Å². The fourth-order valence-electron chi connectivity index (χ4n) is 4.43. The van der Waals surface area contributed by atoms with Gasteiger partial charge < -0.3 is 18.9 Å². The van der Waals surface area contributed by atoms with Crippen LogP contribution >= 0.6 is 0 Å². The Hall–Kier alpha value is -3.23. The number of aromatic nitrogens is 4. The molecule has 1 atom stereocenters. The van der Waals surface area contributed by atoms with Crippen molar-refractivity contribution in [1.29, 1.82) is 0 Å². The first-order chi connectivity index (χ1) is 15.4. The van der Waals surface area contributed by atoms with Crippen molar-refractivity contribution in [2.24, 2.45) is 13.0 Å². The second kappa shape index (κ2) is 8.72. The third-order valence-electron chi connectivity index (χ3n) is 6.11. The lowest BCUT2D eigenvalue weighted by Crippen LogP contribution is -2.40. The molecule has 3 heterocycles. The lowest BCUT2D eigenvalue weighted by atomic mass is 10.1. The largest absolute Gasteiger partial charge is 0.497 e. The zero-order valence-corrected chi connectivity index (χ0v) is 19.4.